The normalized spacial score (nSPS) is 13.1. The molecule has 0 spiro atoms. The Kier molecular flexibility index (Phi) is 3.18. The molecule has 1 aromatic heterocycles. The van der Waals surface area contributed by atoms with Gasteiger partial charge in [-0.15, -0.1) is 0 Å². The minimum absolute atomic E-state index is 0.659. The fraction of sp³-hybridized carbons (Fsp3) is 0.273. The van der Waals surface area contributed by atoms with Crippen LogP contribution in [0.15, 0.2) is 30.5 Å². The third-order valence-electron chi connectivity index (χ3n) is 2.42. The number of benzene rings is 1. The standard InChI is InChI=1S/C11H14N2OS/c1-12-15(14)7-5-9-2-3-11-10(8-9)4-6-13-11/h2-4,6,8,12-13H,5,7H2,1H3. The molecule has 0 radical (unpaired) electrons. The van der Waals surface area contributed by atoms with Gasteiger partial charge in [0.1, 0.15) is 0 Å². The molecule has 0 aliphatic heterocycles. The van der Waals surface area contributed by atoms with Crippen LogP contribution in [0, 0.1) is 0 Å². The molecule has 0 saturated heterocycles. The first-order chi connectivity index (χ1) is 7.29. The summed E-state index contributed by atoms with van der Waals surface area (Å²) in [6.45, 7) is 0. The predicted molar refractivity (Wildman–Crippen MR) is 64.1 cm³/mol. The van der Waals surface area contributed by atoms with Gasteiger partial charge in [-0.2, -0.15) is 0 Å². The molecule has 0 fully saturated rings. The maximum atomic E-state index is 11.2. The topological polar surface area (TPSA) is 44.9 Å². The van der Waals surface area contributed by atoms with Crippen LogP contribution in [0.2, 0.25) is 0 Å². The lowest BCUT2D eigenvalue weighted by atomic mass is 10.1. The average molecular weight is 222 g/mol. The fourth-order valence-corrected chi connectivity index (χ4v) is 2.20. The highest BCUT2D eigenvalue weighted by Gasteiger charge is 2.00. The number of hydrogen-bond acceptors (Lipinski definition) is 1. The quantitative estimate of drug-likeness (QED) is 0.810. The van der Waals surface area contributed by atoms with E-state index >= 15 is 0 Å². The number of hydrogen-bond donors (Lipinski definition) is 2. The zero-order valence-electron chi connectivity index (χ0n) is 8.62. The van der Waals surface area contributed by atoms with Crippen molar-refractivity contribution >= 4 is 21.9 Å². The second kappa shape index (κ2) is 4.59. The van der Waals surface area contributed by atoms with Gasteiger partial charge in [0.05, 0.1) is 11.0 Å². The Balaban J connectivity index is 2.11. The number of aromatic nitrogens is 1. The van der Waals surface area contributed by atoms with Crippen LogP contribution < -0.4 is 4.72 Å². The van der Waals surface area contributed by atoms with Crippen molar-refractivity contribution in [2.75, 3.05) is 12.8 Å². The van der Waals surface area contributed by atoms with Crippen LogP contribution in [0.4, 0.5) is 0 Å². The lowest BCUT2D eigenvalue weighted by Crippen LogP contribution is -2.15. The zero-order chi connectivity index (χ0) is 10.7. The molecule has 15 heavy (non-hydrogen) atoms. The Labute approximate surface area is 91.5 Å². The second-order valence-electron chi connectivity index (χ2n) is 3.40. The van der Waals surface area contributed by atoms with Gasteiger partial charge in [-0.25, -0.2) is 8.93 Å². The molecule has 0 bridgehead atoms. The smallest absolute Gasteiger partial charge is 0.0916 e. The van der Waals surface area contributed by atoms with E-state index in [1.165, 1.54) is 10.9 Å². The van der Waals surface area contributed by atoms with Crippen LogP contribution in [0.5, 0.6) is 0 Å². The summed E-state index contributed by atoms with van der Waals surface area (Å²) in [5.74, 6) is 0.659. The van der Waals surface area contributed by atoms with Crippen molar-refractivity contribution in [2.45, 2.75) is 6.42 Å². The SMILES string of the molecule is CNS(=O)CCc1ccc2[nH]ccc2c1. The van der Waals surface area contributed by atoms with Crippen molar-refractivity contribution in [1.29, 1.82) is 0 Å². The largest absolute Gasteiger partial charge is 0.361 e. The van der Waals surface area contributed by atoms with Crippen LogP contribution >= 0.6 is 0 Å². The summed E-state index contributed by atoms with van der Waals surface area (Å²) >= 11 is 0. The van der Waals surface area contributed by atoms with Gasteiger partial charge in [-0.05, 0) is 42.6 Å². The van der Waals surface area contributed by atoms with E-state index in [9.17, 15) is 4.21 Å². The summed E-state index contributed by atoms with van der Waals surface area (Å²) in [4.78, 5) is 3.15. The number of H-pyrrole nitrogens is 1. The summed E-state index contributed by atoms with van der Waals surface area (Å²) in [5, 5.41) is 1.21. The molecule has 1 atom stereocenters. The van der Waals surface area contributed by atoms with Gasteiger partial charge >= 0.3 is 0 Å². The van der Waals surface area contributed by atoms with Crippen molar-refractivity contribution < 1.29 is 4.21 Å². The molecule has 1 unspecified atom stereocenters. The summed E-state index contributed by atoms with van der Waals surface area (Å²) in [5.41, 5.74) is 2.37. The van der Waals surface area contributed by atoms with Crippen molar-refractivity contribution in [3.8, 4) is 0 Å². The van der Waals surface area contributed by atoms with Gasteiger partial charge in [-0.1, -0.05) is 6.07 Å². The number of nitrogens with one attached hydrogen (secondary N) is 2. The lowest BCUT2D eigenvalue weighted by molar-refractivity contribution is 0.677. The van der Waals surface area contributed by atoms with E-state index in [4.69, 9.17) is 0 Å². The summed E-state index contributed by atoms with van der Waals surface area (Å²) in [6, 6.07) is 8.32. The molecule has 2 aromatic rings. The Morgan fingerprint density at radius 2 is 2.27 bits per heavy atom. The van der Waals surface area contributed by atoms with Gasteiger partial charge in [-0.3, -0.25) is 0 Å². The third-order valence-corrected chi connectivity index (χ3v) is 3.45. The van der Waals surface area contributed by atoms with E-state index in [-0.39, 0.29) is 0 Å². The van der Waals surface area contributed by atoms with Crippen molar-refractivity contribution in [3.05, 3.63) is 36.0 Å². The summed E-state index contributed by atoms with van der Waals surface area (Å²) in [6.07, 6.45) is 2.77. The summed E-state index contributed by atoms with van der Waals surface area (Å²) < 4.78 is 13.9. The van der Waals surface area contributed by atoms with Crippen LogP contribution in [-0.4, -0.2) is 22.0 Å². The Morgan fingerprint density at radius 3 is 3.07 bits per heavy atom. The number of rotatable bonds is 4. The first-order valence-electron chi connectivity index (χ1n) is 4.91. The molecule has 0 aliphatic rings. The van der Waals surface area contributed by atoms with Gasteiger partial charge in [0.2, 0.25) is 0 Å². The van der Waals surface area contributed by atoms with E-state index in [1.807, 2.05) is 12.3 Å². The molecule has 1 heterocycles. The minimum atomic E-state index is -0.909. The number of fused-ring (bicyclic) bond motifs is 1. The van der Waals surface area contributed by atoms with E-state index in [1.54, 1.807) is 7.05 Å². The van der Waals surface area contributed by atoms with Crippen LogP contribution in [0.1, 0.15) is 5.56 Å². The Bertz CT molecular complexity index is 478. The van der Waals surface area contributed by atoms with E-state index in [0.717, 1.165) is 11.9 Å². The Hall–Kier alpha value is -1.13. The highest BCUT2D eigenvalue weighted by molar-refractivity contribution is 7.82. The van der Waals surface area contributed by atoms with Crippen LogP contribution in [0.3, 0.4) is 0 Å². The molecule has 1 aromatic carbocycles. The van der Waals surface area contributed by atoms with E-state index in [0.29, 0.717) is 5.75 Å². The molecule has 0 amide bonds. The van der Waals surface area contributed by atoms with Crippen molar-refractivity contribution in [1.82, 2.24) is 9.71 Å². The van der Waals surface area contributed by atoms with Gasteiger partial charge in [0.25, 0.3) is 0 Å². The molecule has 0 aliphatic carbocycles. The molecule has 3 nitrogen and oxygen atoms in total. The van der Waals surface area contributed by atoms with E-state index < -0.39 is 11.0 Å². The second-order valence-corrected chi connectivity index (χ2v) is 4.91. The third kappa shape index (κ3) is 2.46. The first kappa shape index (κ1) is 10.4. The van der Waals surface area contributed by atoms with Crippen LogP contribution in [-0.2, 0) is 17.4 Å². The fourth-order valence-electron chi connectivity index (χ4n) is 1.57. The van der Waals surface area contributed by atoms with Crippen molar-refractivity contribution in [3.63, 3.8) is 0 Å². The molecular weight excluding hydrogens is 208 g/mol. The zero-order valence-corrected chi connectivity index (χ0v) is 9.43. The highest BCUT2D eigenvalue weighted by atomic mass is 32.2. The maximum Gasteiger partial charge on any atom is 0.0916 e. The summed E-state index contributed by atoms with van der Waals surface area (Å²) in [7, 11) is 0.804. The van der Waals surface area contributed by atoms with Crippen molar-refractivity contribution in [2.24, 2.45) is 0 Å². The van der Waals surface area contributed by atoms with E-state index in [2.05, 4.69) is 27.9 Å². The van der Waals surface area contributed by atoms with Gasteiger partial charge < -0.3 is 4.98 Å². The lowest BCUT2D eigenvalue weighted by Gasteiger charge is -2.01. The average Bonchev–Trinajstić information content (AvgIpc) is 2.72. The van der Waals surface area contributed by atoms with Gasteiger partial charge in [0.15, 0.2) is 0 Å². The maximum absolute atomic E-state index is 11.2. The molecule has 0 saturated carbocycles. The predicted octanol–water partition coefficient (Wildman–Crippen LogP) is 1.59. The first-order valence-corrected chi connectivity index (χ1v) is 6.23. The highest BCUT2D eigenvalue weighted by Crippen LogP contribution is 2.14. The Morgan fingerprint density at radius 1 is 1.40 bits per heavy atom. The molecule has 4 heteroatoms. The molecular formula is C11H14N2OS. The number of aromatic amines is 1. The molecule has 2 rings (SSSR count). The minimum Gasteiger partial charge on any atom is -0.361 e. The van der Waals surface area contributed by atoms with Gasteiger partial charge in [0, 0.05) is 17.5 Å². The molecule has 80 valence electrons. The van der Waals surface area contributed by atoms with Crippen LogP contribution in [0.25, 0.3) is 10.9 Å². The number of aryl methyl sites for hydroxylation is 1. The molecule has 2 N–H and O–H groups in total. The monoisotopic (exact) mass is 222 g/mol.